The van der Waals surface area contributed by atoms with Gasteiger partial charge in [0.15, 0.2) is 6.61 Å². The number of esters is 1. The second-order valence-corrected chi connectivity index (χ2v) is 6.22. The molecular formula is C17H18BrN3O3. The summed E-state index contributed by atoms with van der Waals surface area (Å²) >= 11 is 3.22. The molecule has 7 heteroatoms. The number of amides is 1. The smallest absolute Gasteiger partial charge is 0.340 e. The van der Waals surface area contributed by atoms with Crippen LogP contribution >= 0.6 is 15.9 Å². The topological polar surface area (TPSA) is 71.5 Å². The van der Waals surface area contributed by atoms with Crippen molar-refractivity contribution in [3.8, 4) is 0 Å². The fourth-order valence-corrected chi connectivity index (χ4v) is 2.27. The maximum atomic E-state index is 11.8. The van der Waals surface area contributed by atoms with Gasteiger partial charge in [0.05, 0.1) is 5.56 Å². The Morgan fingerprint density at radius 1 is 1.21 bits per heavy atom. The van der Waals surface area contributed by atoms with E-state index in [1.165, 1.54) is 6.20 Å². The van der Waals surface area contributed by atoms with Crippen LogP contribution in [0.2, 0.25) is 0 Å². The molecule has 0 saturated carbocycles. The van der Waals surface area contributed by atoms with Gasteiger partial charge >= 0.3 is 5.97 Å². The zero-order valence-electron chi connectivity index (χ0n) is 13.5. The highest BCUT2D eigenvalue weighted by Crippen LogP contribution is 2.12. The fourth-order valence-electron chi connectivity index (χ4n) is 1.90. The third-order valence-electron chi connectivity index (χ3n) is 3.22. The first-order valence-electron chi connectivity index (χ1n) is 7.26. The number of benzene rings is 1. The zero-order valence-corrected chi connectivity index (χ0v) is 15.0. The maximum Gasteiger partial charge on any atom is 0.340 e. The Morgan fingerprint density at radius 2 is 1.92 bits per heavy atom. The van der Waals surface area contributed by atoms with Gasteiger partial charge in [-0.2, -0.15) is 0 Å². The predicted octanol–water partition coefficient (Wildman–Crippen LogP) is 2.38. The Bertz CT molecular complexity index is 717. The zero-order chi connectivity index (χ0) is 17.5. The lowest BCUT2D eigenvalue weighted by molar-refractivity contribution is -0.124. The molecule has 1 aromatic carbocycles. The third-order valence-corrected chi connectivity index (χ3v) is 3.65. The molecule has 0 spiro atoms. The molecule has 2 aromatic rings. The minimum atomic E-state index is -0.589. The number of carbonyl (C=O) groups is 2. The van der Waals surface area contributed by atoms with E-state index in [1.807, 2.05) is 43.3 Å². The number of ether oxygens (including phenoxy) is 1. The van der Waals surface area contributed by atoms with Gasteiger partial charge in [-0.15, -0.1) is 0 Å². The summed E-state index contributed by atoms with van der Waals surface area (Å²) in [4.78, 5) is 29.5. The van der Waals surface area contributed by atoms with Crippen molar-refractivity contribution in [2.24, 2.45) is 0 Å². The van der Waals surface area contributed by atoms with E-state index in [4.69, 9.17) is 4.74 Å². The molecule has 6 nitrogen and oxygen atoms in total. The molecule has 24 heavy (non-hydrogen) atoms. The van der Waals surface area contributed by atoms with Crippen molar-refractivity contribution in [3.05, 3.63) is 58.3 Å². The van der Waals surface area contributed by atoms with Crippen molar-refractivity contribution in [2.45, 2.75) is 6.54 Å². The van der Waals surface area contributed by atoms with Crippen LogP contribution in [-0.4, -0.2) is 37.6 Å². The summed E-state index contributed by atoms with van der Waals surface area (Å²) in [6, 6.07) is 9.41. The molecule has 0 aliphatic carbocycles. The molecule has 0 atom stereocenters. The number of pyridine rings is 1. The molecule has 2 rings (SSSR count). The van der Waals surface area contributed by atoms with Crippen LogP contribution in [0.4, 0.5) is 5.69 Å². The number of nitrogens with zero attached hydrogens (tertiary/aromatic N) is 2. The van der Waals surface area contributed by atoms with Crippen LogP contribution in [0.1, 0.15) is 15.9 Å². The minimum Gasteiger partial charge on any atom is -0.452 e. The lowest BCUT2D eigenvalue weighted by atomic mass is 10.2. The van der Waals surface area contributed by atoms with E-state index in [2.05, 4.69) is 26.2 Å². The van der Waals surface area contributed by atoms with Crippen LogP contribution in [0.15, 0.2) is 47.2 Å². The van der Waals surface area contributed by atoms with Gasteiger partial charge in [0.2, 0.25) is 0 Å². The van der Waals surface area contributed by atoms with Gasteiger partial charge in [0, 0.05) is 43.2 Å². The number of hydrogen-bond acceptors (Lipinski definition) is 5. The first-order valence-corrected chi connectivity index (χ1v) is 8.05. The van der Waals surface area contributed by atoms with Crippen molar-refractivity contribution in [2.75, 3.05) is 25.6 Å². The first kappa shape index (κ1) is 17.9. The minimum absolute atomic E-state index is 0.288. The van der Waals surface area contributed by atoms with Crippen molar-refractivity contribution < 1.29 is 14.3 Å². The van der Waals surface area contributed by atoms with Crippen LogP contribution < -0.4 is 10.2 Å². The number of carbonyl (C=O) groups excluding carboxylic acids is 2. The monoisotopic (exact) mass is 391 g/mol. The van der Waals surface area contributed by atoms with Crippen LogP contribution in [0, 0.1) is 0 Å². The van der Waals surface area contributed by atoms with Gasteiger partial charge in [0.25, 0.3) is 5.91 Å². The third kappa shape index (κ3) is 5.34. The highest BCUT2D eigenvalue weighted by molar-refractivity contribution is 9.10. The summed E-state index contributed by atoms with van der Waals surface area (Å²) in [5.74, 6) is -0.947. The molecule has 1 heterocycles. The van der Waals surface area contributed by atoms with Crippen LogP contribution in [0.5, 0.6) is 0 Å². The van der Waals surface area contributed by atoms with E-state index in [0.29, 0.717) is 11.0 Å². The van der Waals surface area contributed by atoms with Crippen molar-refractivity contribution in [1.82, 2.24) is 10.3 Å². The van der Waals surface area contributed by atoms with Gasteiger partial charge in [-0.3, -0.25) is 9.78 Å². The van der Waals surface area contributed by atoms with E-state index in [9.17, 15) is 9.59 Å². The summed E-state index contributed by atoms with van der Waals surface area (Å²) in [5, 5.41) is 2.71. The standard InChI is InChI=1S/C17H18BrN3O3/c1-21(2)15-5-3-12(4-6-15)8-20-16(22)11-24-17(23)13-7-14(18)10-19-9-13/h3-7,9-10H,8,11H2,1-2H3,(H,20,22). The van der Waals surface area contributed by atoms with Gasteiger partial charge in [0.1, 0.15) is 0 Å². The molecule has 1 aromatic heterocycles. The molecular weight excluding hydrogens is 374 g/mol. The average Bonchev–Trinajstić information content (AvgIpc) is 2.58. The molecule has 1 N–H and O–H groups in total. The van der Waals surface area contributed by atoms with Crippen molar-refractivity contribution in [1.29, 1.82) is 0 Å². The quantitative estimate of drug-likeness (QED) is 0.765. The van der Waals surface area contributed by atoms with Crippen molar-refractivity contribution in [3.63, 3.8) is 0 Å². The van der Waals surface area contributed by atoms with Crippen LogP contribution in [0.3, 0.4) is 0 Å². The summed E-state index contributed by atoms with van der Waals surface area (Å²) < 4.78 is 5.63. The SMILES string of the molecule is CN(C)c1ccc(CNC(=O)COC(=O)c2cncc(Br)c2)cc1. The molecule has 0 aliphatic heterocycles. The van der Waals surface area contributed by atoms with Crippen molar-refractivity contribution >= 4 is 33.5 Å². The Morgan fingerprint density at radius 3 is 2.54 bits per heavy atom. The number of hydrogen-bond donors (Lipinski definition) is 1. The molecule has 1 amide bonds. The lowest BCUT2D eigenvalue weighted by Crippen LogP contribution is -2.28. The van der Waals surface area contributed by atoms with Crippen LogP contribution in [0.25, 0.3) is 0 Å². The van der Waals surface area contributed by atoms with Gasteiger partial charge < -0.3 is 15.0 Å². The molecule has 0 bridgehead atoms. The Balaban J connectivity index is 1.78. The van der Waals surface area contributed by atoms with Gasteiger partial charge in [-0.1, -0.05) is 12.1 Å². The van der Waals surface area contributed by atoms with Crippen LogP contribution in [-0.2, 0) is 16.1 Å². The molecule has 0 unspecified atom stereocenters. The predicted molar refractivity (Wildman–Crippen MR) is 94.8 cm³/mol. The summed E-state index contributed by atoms with van der Waals surface area (Å²) in [6.07, 6.45) is 2.95. The highest BCUT2D eigenvalue weighted by atomic mass is 79.9. The number of nitrogens with one attached hydrogen (secondary N) is 1. The average molecular weight is 392 g/mol. The number of rotatable bonds is 6. The Hall–Kier alpha value is -2.41. The largest absolute Gasteiger partial charge is 0.452 e. The van der Waals surface area contributed by atoms with E-state index in [1.54, 1.807) is 12.3 Å². The molecule has 0 saturated heterocycles. The molecule has 0 radical (unpaired) electrons. The van der Waals surface area contributed by atoms with E-state index in [-0.39, 0.29) is 18.1 Å². The lowest BCUT2D eigenvalue weighted by Gasteiger charge is -2.13. The molecule has 126 valence electrons. The molecule has 0 fully saturated rings. The number of aromatic nitrogens is 1. The first-order chi connectivity index (χ1) is 11.5. The van der Waals surface area contributed by atoms with E-state index in [0.717, 1.165) is 11.3 Å². The number of anilines is 1. The fraction of sp³-hybridized carbons (Fsp3) is 0.235. The Labute approximate surface area is 149 Å². The highest BCUT2D eigenvalue weighted by Gasteiger charge is 2.11. The summed E-state index contributed by atoms with van der Waals surface area (Å²) in [7, 11) is 3.93. The van der Waals surface area contributed by atoms with E-state index >= 15 is 0 Å². The summed E-state index contributed by atoms with van der Waals surface area (Å²) in [5.41, 5.74) is 2.34. The van der Waals surface area contributed by atoms with Gasteiger partial charge in [-0.25, -0.2) is 4.79 Å². The Kier molecular flexibility index (Phi) is 6.31. The normalized spacial score (nSPS) is 10.1. The summed E-state index contributed by atoms with van der Waals surface area (Å²) in [6.45, 7) is 0.0453. The maximum absolute atomic E-state index is 11.8. The van der Waals surface area contributed by atoms with E-state index < -0.39 is 5.97 Å². The van der Waals surface area contributed by atoms with Gasteiger partial charge in [-0.05, 0) is 39.7 Å². The second kappa shape index (κ2) is 8.44. The second-order valence-electron chi connectivity index (χ2n) is 5.31. The number of halogens is 1. The molecule has 0 aliphatic rings.